The SMILES string of the molecule is CCCCCC(=O)N1c2ccccc2NC2=C(C(=O)C[C@H](c3ccc(Cl)cc3)C2)[C@@H]1c1ccc(OCc2ccc(Cl)cc2)c(OCC)c1. The zero-order valence-electron chi connectivity index (χ0n) is 27.3. The summed E-state index contributed by atoms with van der Waals surface area (Å²) >= 11 is 12.3. The lowest BCUT2D eigenvalue weighted by atomic mass is 9.78. The molecule has 48 heavy (non-hydrogen) atoms. The highest BCUT2D eigenvalue weighted by Crippen LogP contribution is 2.48. The summed E-state index contributed by atoms with van der Waals surface area (Å²) in [5, 5.41) is 4.94. The van der Waals surface area contributed by atoms with Crippen LogP contribution in [0.15, 0.2) is 102 Å². The lowest BCUT2D eigenvalue weighted by molar-refractivity contribution is -0.119. The zero-order valence-corrected chi connectivity index (χ0v) is 28.8. The number of ether oxygens (including phenoxy) is 2. The number of amides is 1. The molecule has 8 heteroatoms. The number of allylic oxidation sites excluding steroid dienone is 1. The summed E-state index contributed by atoms with van der Waals surface area (Å²) in [7, 11) is 0. The Kier molecular flexibility index (Phi) is 10.7. The minimum Gasteiger partial charge on any atom is -0.490 e. The number of halogens is 2. The lowest BCUT2D eigenvalue weighted by Gasteiger charge is -2.35. The number of benzene rings is 4. The Morgan fingerprint density at radius 3 is 2.27 bits per heavy atom. The van der Waals surface area contributed by atoms with Crippen LogP contribution in [0.25, 0.3) is 0 Å². The van der Waals surface area contributed by atoms with E-state index in [0.717, 1.165) is 53.0 Å². The highest BCUT2D eigenvalue weighted by molar-refractivity contribution is 6.30. The monoisotopic (exact) mass is 682 g/mol. The number of carbonyl (C=O) groups excluding carboxylic acids is 2. The molecule has 1 heterocycles. The third-order valence-electron chi connectivity index (χ3n) is 8.98. The fourth-order valence-electron chi connectivity index (χ4n) is 6.62. The van der Waals surface area contributed by atoms with Gasteiger partial charge in [0.1, 0.15) is 6.61 Å². The van der Waals surface area contributed by atoms with Crippen LogP contribution in [0.5, 0.6) is 11.5 Å². The summed E-state index contributed by atoms with van der Waals surface area (Å²) in [6.45, 7) is 4.80. The molecule has 1 aliphatic carbocycles. The van der Waals surface area contributed by atoms with Crippen LogP contribution in [0.3, 0.4) is 0 Å². The smallest absolute Gasteiger partial charge is 0.227 e. The van der Waals surface area contributed by atoms with Gasteiger partial charge in [-0.25, -0.2) is 0 Å². The maximum absolute atomic E-state index is 14.4. The van der Waals surface area contributed by atoms with E-state index in [-0.39, 0.29) is 17.6 Å². The highest BCUT2D eigenvalue weighted by atomic mass is 35.5. The fourth-order valence-corrected chi connectivity index (χ4v) is 6.87. The van der Waals surface area contributed by atoms with Crippen LogP contribution in [0, 0.1) is 0 Å². The molecule has 0 radical (unpaired) electrons. The van der Waals surface area contributed by atoms with Gasteiger partial charge in [-0.15, -0.1) is 0 Å². The van der Waals surface area contributed by atoms with Crippen molar-refractivity contribution in [1.82, 2.24) is 0 Å². The molecule has 248 valence electrons. The van der Waals surface area contributed by atoms with Crippen LogP contribution < -0.4 is 19.7 Å². The van der Waals surface area contributed by atoms with Gasteiger partial charge in [0.05, 0.1) is 24.0 Å². The number of rotatable bonds is 11. The van der Waals surface area contributed by atoms with Crippen molar-refractivity contribution in [2.24, 2.45) is 0 Å². The van der Waals surface area contributed by atoms with Gasteiger partial charge in [0.2, 0.25) is 5.91 Å². The molecule has 1 N–H and O–H groups in total. The van der Waals surface area contributed by atoms with Crippen LogP contribution in [-0.2, 0) is 16.2 Å². The summed E-state index contributed by atoms with van der Waals surface area (Å²) in [6.07, 6.45) is 4.05. The van der Waals surface area contributed by atoms with Crippen molar-refractivity contribution >= 4 is 46.3 Å². The van der Waals surface area contributed by atoms with Gasteiger partial charge in [-0.2, -0.15) is 0 Å². The van der Waals surface area contributed by atoms with E-state index in [4.69, 9.17) is 32.7 Å². The first-order valence-corrected chi connectivity index (χ1v) is 17.5. The quantitative estimate of drug-likeness (QED) is 0.159. The Bertz CT molecular complexity index is 1800. The van der Waals surface area contributed by atoms with E-state index < -0.39 is 6.04 Å². The van der Waals surface area contributed by atoms with E-state index in [1.807, 2.05) is 103 Å². The van der Waals surface area contributed by atoms with Crippen molar-refractivity contribution in [1.29, 1.82) is 0 Å². The Balaban J connectivity index is 1.45. The second kappa shape index (κ2) is 15.3. The second-order valence-electron chi connectivity index (χ2n) is 12.3. The molecule has 4 aromatic rings. The molecule has 0 aromatic heterocycles. The van der Waals surface area contributed by atoms with E-state index in [1.54, 1.807) is 0 Å². The average molecular weight is 684 g/mol. The summed E-state index contributed by atoms with van der Waals surface area (Å²) in [5.74, 6) is 1.09. The summed E-state index contributed by atoms with van der Waals surface area (Å²) in [5.41, 5.74) is 5.79. The number of hydrogen-bond acceptors (Lipinski definition) is 5. The van der Waals surface area contributed by atoms with Gasteiger partial charge in [0.15, 0.2) is 17.3 Å². The average Bonchev–Trinajstić information content (AvgIpc) is 3.24. The number of Topliss-reactive ketones (excluding diaryl/α,β-unsaturated/α-hetero) is 1. The lowest BCUT2D eigenvalue weighted by Crippen LogP contribution is -2.38. The molecule has 0 fully saturated rings. The number of para-hydroxylation sites is 2. The molecule has 2 atom stereocenters. The maximum atomic E-state index is 14.4. The van der Waals surface area contributed by atoms with E-state index >= 15 is 0 Å². The minimum atomic E-state index is -0.659. The molecule has 1 aliphatic heterocycles. The van der Waals surface area contributed by atoms with Crippen LogP contribution in [-0.4, -0.2) is 18.3 Å². The van der Waals surface area contributed by atoms with E-state index in [0.29, 0.717) is 59.6 Å². The Morgan fingerprint density at radius 1 is 0.833 bits per heavy atom. The summed E-state index contributed by atoms with van der Waals surface area (Å²) < 4.78 is 12.4. The highest BCUT2D eigenvalue weighted by Gasteiger charge is 2.41. The number of ketones is 1. The van der Waals surface area contributed by atoms with Crippen molar-refractivity contribution < 1.29 is 19.1 Å². The molecule has 0 unspecified atom stereocenters. The first-order valence-electron chi connectivity index (χ1n) is 16.7. The normalized spacial score (nSPS) is 17.2. The van der Waals surface area contributed by atoms with Crippen LogP contribution >= 0.6 is 23.2 Å². The molecule has 6 nitrogen and oxygen atoms in total. The molecular formula is C40H40Cl2N2O4. The third kappa shape index (κ3) is 7.40. The number of nitrogens with zero attached hydrogens (tertiary/aromatic N) is 1. The van der Waals surface area contributed by atoms with Gasteiger partial charge >= 0.3 is 0 Å². The molecule has 6 rings (SSSR count). The second-order valence-corrected chi connectivity index (χ2v) is 13.2. The predicted molar refractivity (Wildman–Crippen MR) is 193 cm³/mol. The fraction of sp³-hybridized carbons (Fsp3) is 0.300. The van der Waals surface area contributed by atoms with Gasteiger partial charge in [-0.05, 0) is 90.9 Å². The van der Waals surface area contributed by atoms with Gasteiger partial charge < -0.3 is 14.8 Å². The van der Waals surface area contributed by atoms with Gasteiger partial charge in [0.25, 0.3) is 0 Å². The number of nitrogens with one attached hydrogen (secondary N) is 1. The van der Waals surface area contributed by atoms with Gasteiger partial charge in [-0.3, -0.25) is 14.5 Å². The predicted octanol–water partition coefficient (Wildman–Crippen LogP) is 10.5. The molecule has 0 saturated heterocycles. The molecule has 0 saturated carbocycles. The topological polar surface area (TPSA) is 67.9 Å². The number of unbranched alkanes of at least 4 members (excludes halogenated alkanes) is 2. The zero-order chi connectivity index (χ0) is 33.6. The van der Waals surface area contributed by atoms with Crippen LogP contribution in [0.1, 0.15) is 81.0 Å². The van der Waals surface area contributed by atoms with E-state index in [9.17, 15) is 9.59 Å². The maximum Gasteiger partial charge on any atom is 0.227 e. The Labute approximate surface area is 292 Å². The van der Waals surface area contributed by atoms with Crippen molar-refractivity contribution in [3.63, 3.8) is 0 Å². The first kappa shape index (κ1) is 33.6. The minimum absolute atomic E-state index is 0.00823. The van der Waals surface area contributed by atoms with Crippen molar-refractivity contribution in [2.75, 3.05) is 16.8 Å². The largest absolute Gasteiger partial charge is 0.490 e. The van der Waals surface area contributed by atoms with Crippen LogP contribution in [0.2, 0.25) is 10.0 Å². The van der Waals surface area contributed by atoms with Crippen molar-refractivity contribution in [3.05, 3.63) is 129 Å². The van der Waals surface area contributed by atoms with Gasteiger partial charge in [-0.1, -0.05) is 85.4 Å². The molecule has 0 spiro atoms. The molecular weight excluding hydrogens is 643 g/mol. The van der Waals surface area contributed by atoms with E-state index in [2.05, 4.69) is 12.2 Å². The van der Waals surface area contributed by atoms with Crippen molar-refractivity contribution in [3.8, 4) is 11.5 Å². The van der Waals surface area contributed by atoms with Gasteiger partial charge in [0, 0.05) is 34.2 Å². The molecule has 2 aliphatic rings. The molecule has 0 bridgehead atoms. The Hall–Kier alpha value is -4.26. The first-order chi connectivity index (χ1) is 23.4. The van der Waals surface area contributed by atoms with E-state index in [1.165, 1.54) is 0 Å². The number of carbonyl (C=O) groups is 2. The Morgan fingerprint density at radius 2 is 1.54 bits per heavy atom. The number of hydrogen-bond donors (Lipinski definition) is 1. The summed E-state index contributed by atoms with van der Waals surface area (Å²) in [4.78, 5) is 30.6. The third-order valence-corrected chi connectivity index (χ3v) is 9.49. The van der Waals surface area contributed by atoms with Crippen molar-refractivity contribution in [2.45, 2.75) is 70.9 Å². The molecule has 4 aromatic carbocycles. The summed E-state index contributed by atoms with van der Waals surface area (Å²) in [6, 6.07) is 28.2. The number of anilines is 2. The standard InChI is InChI=1S/C40H40Cl2N2O4/c1-3-5-6-11-38(46)44-34-10-8-7-9-32(34)43-33-22-29(27-14-19-31(42)20-15-27)23-35(45)39(33)40(44)28-16-21-36(37(24-28)47-4-2)48-25-26-12-17-30(41)18-13-26/h7-10,12-21,24,29,40,43H,3-6,11,22-23,25H2,1-2H3/t29-,40+/m1/s1. The molecule has 1 amide bonds. The van der Waals surface area contributed by atoms with Crippen LogP contribution in [0.4, 0.5) is 11.4 Å². The number of fused-ring (bicyclic) bond motifs is 1.